The van der Waals surface area contributed by atoms with Crippen LogP contribution in [0.25, 0.3) is 0 Å². The number of fused-ring (bicyclic) bond motifs is 1. The number of nitrogens with two attached hydrogens (primary N) is 1. The van der Waals surface area contributed by atoms with Crippen LogP contribution in [0.15, 0.2) is 53.4 Å². The van der Waals surface area contributed by atoms with Gasteiger partial charge in [0.1, 0.15) is 0 Å². The van der Waals surface area contributed by atoms with Gasteiger partial charge in [-0.15, -0.1) is 0 Å². The van der Waals surface area contributed by atoms with E-state index in [1.807, 2.05) is 0 Å². The van der Waals surface area contributed by atoms with E-state index >= 15 is 0 Å². The Balaban J connectivity index is 2.13. The minimum atomic E-state index is -3.70. The van der Waals surface area contributed by atoms with Gasteiger partial charge in [-0.25, -0.2) is 8.42 Å². The smallest absolute Gasteiger partial charge is 0.264 e. The third-order valence-corrected chi connectivity index (χ3v) is 5.66. The SMILES string of the molecule is Nc1cccc(S(=O)(=O)N2CCCC(O)c3ccccc32)c1. The first kappa shape index (κ1) is 14.9. The molecule has 22 heavy (non-hydrogen) atoms. The number of aliphatic hydroxyl groups excluding tert-OH is 1. The lowest BCUT2D eigenvalue weighted by Gasteiger charge is -2.25. The lowest BCUT2D eigenvalue weighted by atomic mass is 10.1. The molecule has 2 aromatic carbocycles. The molecule has 0 saturated heterocycles. The lowest BCUT2D eigenvalue weighted by Crippen LogP contribution is -2.31. The number of hydrogen-bond acceptors (Lipinski definition) is 4. The standard InChI is InChI=1S/C16H18N2O3S/c17-12-5-3-6-13(11-12)22(20,21)18-10-4-9-16(19)14-7-1-2-8-15(14)18/h1-3,5-8,11,16,19H,4,9-10,17H2. The topological polar surface area (TPSA) is 83.6 Å². The van der Waals surface area contributed by atoms with Crippen molar-refractivity contribution in [2.75, 3.05) is 16.6 Å². The van der Waals surface area contributed by atoms with Crippen LogP contribution in [0.1, 0.15) is 24.5 Å². The minimum absolute atomic E-state index is 0.165. The summed E-state index contributed by atoms with van der Waals surface area (Å²) in [5.41, 5.74) is 7.30. The Morgan fingerprint density at radius 2 is 1.91 bits per heavy atom. The van der Waals surface area contributed by atoms with Crippen molar-refractivity contribution in [2.45, 2.75) is 23.8 Å². The molecule has 3 rings (SSSR count). The zero-order valence-electron chi connectivity index (χ0n) is 12.0. The molecule has 3 N–H and O–H groups in total. The van der Waals surface area contributed by atoms with E-state index in [9.17, 15) is 13.5 Å². The van der Waals surface area contributed by atoms with Crippen LogP contribution in [0.4, 0.5) is 11.4 Å². The van der Waals surface area contributed by atoms with E-state index in [4.69, 9.17) is 5.73 Å². The summed E-state index contributed by atoms with van der Waals surface area (Å²) < 4.78 is 27.3. The molecule has 0 saturated carbocycles. The molecule has 0 aliphatic carbocycles. The highest BCUT2D eigenvalue weighted by Gasteiger charge is 2.30. The average Bonchev–Trinajstić information content (AvgIpc) is 2.67. The predicted molar refractivity (Wildman–Crippen MR) is 86.0 cm³/mol. The second kappa shape index (κ2) is 5.62. The Labute approximate surface area is 130 Å². The van der Waals surface area contributed by atoms with E-state index in [-0.39, 0.29) is 4.90 Å². The molecule has 6 heteroatoms. The first-order chi connectivity index (χ1) is 10.5. The van der Waals surface area contributed by atoms with Gasteiger partial charge in [0, 0.05) is 17.8 Å². The molecular formula is C16H18N2O3S. The Bertz CT molecular complexity index is 789. The highest BCUT2D eigenvalue weighted by atomic mass is 32.2. The van der Waals surface area contributed by atoms with Gasteiger partial charge in [-0.3, -0.25) is 4.31 Å². The number of sulfonamides is 1. The van der Waals surface area contributed by atoms with Crippen molar-refractivity contribution in [3.05, 3.63) is 54.1 Å². The third-order valence-electron chi connectivity index (χ3n) is 3.85. The Hall–Kier alpha value is -2.05. The second-order valence-electron chi connectivity index (χ2n) is 5.37. The van der Waals surface area contributed by atoms with Crippen LogP contribution in [-0.2, 0) is 10.0 Å². The second-order valence-corrected chi connectivity index (χ2v) is 7.23. The fourth-order valence-corrected chi connectivity index (χ4v) is 4.34. The molecule has 116 valence electrons. The molecule has 2 aromatic rings. The molecule has 0 amide bonds. The van der Waals surface area contributed by atoms with Crippen LogP contribution in [0.3, 0.4) is 0 Å². The van der Waals surface area contributed by atoms with Gasteiger partial charge in [-0.05, 0) is 37.1 Å². The fraction of sp³-hybridized carbons (Fsp3) is 0.250. The molecule has 1 unspecified atom stereocenters. The van der Waals surface area contributed by atoms with Crippen LogP contribution < -0.4 is 10.0 Å². The predicted octanol–water partition coefficient (Wildman–Crippen LogP) is 2.29. The van der Waals surface area contributed by atoms with E-state index in [1.54, 1.807) is 36.4 Å². The summed E-state index contributed by atoms with van der Waals surface area (Å²) in [4.78, 5) is 0.165. The number of para-hydroxylation sites is 1. The maximum Gasteiger partial charge on any atom is 0.264 e. The number of benzene rings is 2. The van der Waals surface area contributed by atoms with Crippen LogP contribution in [0.5, 0.6) is 0 Å². The lowest BCUT2D eigenvalue weighted by molar-refractivity contribution is 0.168. The number of hydrogen-bond donors (Lipinski definition) is 2. The Kier molecular flexibility index (Phi) is 3.80. The highest BCUT2D eigenvalue weighted by Crippen LogP contribution is 2.35. The maximum atomic E-state index is 13.0. The van der Waals surface area contributed by atoms with Gasteiger partial charge < -0.3 is 10.8 Å². The summed E-state index contributed by atoms with van der Waals surface area (Å²) in [5, 5.41) is 10.2. The van der Waals surface area contributed by atoms with Crippen LogP contribution in [0.2, 0.25) is 0 Å². The van der Waals surface area contributed by atoms with Crippen LogP contribution in [-0.4, -0.2) is 20.1 Å². The molecule has 1 aliphatic rings. The molecule has 0 fully saturated rings. The zero-order chi connectivity index (χ0) is 15.7. The normalized spacial score (nSPS) is 18.6. The van der Waals surface area contributed by atoms with Crippen molar-refractivity contribution in [3.8, 4) is 0 Å². The van der Waals surface area contributed by atoms with Gasteiger partial charge >= 0.3 is 0 Å². The monoisotopic (exact) mass is 318 g/mol. The van der Waals surface area contributed by atoms with E-state index < -0.39 is 16.1 Å². The van der Waals surface area contributed by atoms with E-state index in [1.165, 1.54) is 16.4 Å². The molecule has 0 radical (unpaired) electrons. The largest absolute Gasteiger partial charge is 0.399 e. The molecule has 1 aliphatic heterocycles. The number of rotatable bonds is 2. The first-order valence-corrected chi connectivity index (χ1v) is 8.59. The zero-order valence-corrected chi connectivity index (χ0v) is 12.8. The summed E-state index contributed by atoms with van der Waals surface area (Å²) in [5.74, 6) is 0. The van der Waals surface area contributed by atoms with Gasteiger partial charge in [-0.1, -0.05) is 24.3 Å². The molecular weight excluding hydrogens is 300 g/mol. The molecule has 0 aromatic heterocycles. The summed E-state index contributed by atoms with van der Waals surface area (Å²) in [6.45, 7) is 0.338. The van der Waals surface area contributed by atoms with E-state index in [2.05, 4.69) is 0 Å². The van der Waals surface area contributed by atoms with Crippen molar-refractivity contribution in [3.63, 3.8) is 0 Å². The van der Waals surface area contributed by atoms with Crippen molar-refractivity contribution in [1.82, 2.24) is 0 Å². The van der Waals surface area contributed by atoms with Gasteiger partial charge in [0.25, 0.3) is 10.0 Å². The van der Waals surface area contributed by atoms with Crippen LogP contribution >= 0.6 is 0 Å². The van der Waals surface area contributed by atoms with E-state index in [0.717, 1.165) is 0 Å². The number of nitrogen functional groups attached to an aromatic ring is 1. The third kappa shape index (κ3) is 2.55. The molecule has 0 bridgehead atoms. The van der Waals surface area contributed by atoms with Crippen molar-refractivity contribution in [2.24, 2.45) is 0 Å². The number of aliphatic hydroxyl groups is 1. The summed E-state index contributed by atoms with van der Waals surface area (Å²) >= 11 is 0. The Morgan fingerprint density at radius 3 is 2.68 bits per heavy atom. The Morgan fingerprint density at radius 1 is 1.14 bits per heavy atom. The summed E-state index contributed by atoms with van der Waals surface area (Å²) in [6, 6.07) is 13.4. The number of anilines is 2. The molecule has 1 heterocycles. The first-order valence-electron chi connectivity index (χ1n) is 7.15. The van der Waals surface area contributed by atoms with E-state index in [0.29, 0.717) is 36.3 Å². The quantitative estimate of drug-likeness (QED) is 0.832. The van der Waals surface area contributed by atoms with Gasteiger partial charge in [0.2, 0.25) is 0 Å². The summed E-state index contributed by atoms with van der Waals surface area (Å²) in [6.07, 6.45) is 0.495. The van der Waals surface area contributed by atoms with Crippen molar-refractivity contribution >= 4 is 21.4 Å². The fourth-order valence-electron chi connectivity index (χ4n) is 2.75. The average molecular weight is 318 g/mol. The molecule has 1 atom stereocenters. The van der Waals surface area contributed by atoms with Crippen molar-refractivity contribution in [1.29, 1.82) is 0 Å². The maximum absolute atomic E-state index is 13.0. The highest BCUT2D eigenvalue weighted by molar-refractivity contribution is 7.92. The van der Waals surface area contributed by atoms with Gasteiger partial charge in [-0.2, -0.15) is 0 Å². The van der Waals surface area contributed by atoms with Gasteiger partial charge in [0.05, 0.1) is 16.7 Å². The van der Waals surface area contributed by atoms with Gasteiger partial charge in [0.15, 0.2) is 0 Å². The number of nitrogens with zero attached hydrogens (tertiary/aromatic N) is 1. The minimum Gasteiger partial charge on any atom is -0.399 e. The molecule has 0 spiro atoms. The summed E-state index contributed by atoms with van der Waals surface area (Å²) in [7, 11) is -3.70. The van der Waals surface area contributed by atoms with Crippen LogP contribution in [0, 0.1) is 0 Å². The molecule has 5 nitrogen and oxygen atoms in total. The van der Waals surface area contributed by atoms with Crippen molar-refractivity contribution < 1.29 is 13.5 Å².